The molecule has 1 atom stereocenters. The van der Waals surface area contributed by atoms with Gasteiger partial charge in [0.25, 0.3) is 0 Å². The average Bonchev–Trinajstić information content (AvgIpc) is 2.39. The molecule has 0 saturated heterocycles. The third-order valence-electron chi connectivity index (χ3n) is 3.91. The minimum absolute atomic E-state index is 0.505. The maximum atomic E-state index is 4.10. The van der Waals surface area contributed by atoms with E-state index in [0.29, 0.717) is 6.04 Å². The monoisotopic (exact) mass is 258 g/mol. The van der Waals surface area contributed by atoms with Gasteiger partial charge in [0.2, 0.25) is 0 Å². The van der Waals surface area contributed by atoms with Gasteiger partial charge in [-0.25, -0.2) is 0 Å². The second-order valence-corrected chi connectivity index (χ2v) is 5.40. The molecule has 0 aliphatic heterocycles. The molecule has 0 radical (unpaired) electrons. The highest BCUT2D eigenvalue weighted by Gasteiger charge is 2.14. The van der Waals surface area contributed by atoms with Gasteiger partial charge < -0.3 is 5.32 Å². The van der Waals surface area contributed by atoms with Crippen molar-refractivity contribution in [1.82, 2.24) is 10.3 Å². The molecule has 0 fully saturated rings. The molecule has 2 heteroatoms. The first-order valence-electron chi connectivity index (χ1n) is 7.71. The highest BCUT2D eigenvalue weighted by atomic mass is 14.9. The zero-order valence-electron chi connectivity index (χ0n) is 12.1. The van der Waals surface area contributed by atoms with E-state index in [-0.39, 0.29) is 0 Å². The van der Waals surface area contributed by atoms with Crippen LogP contribution in [0.3, 0.4) is 0 Å². The summed E-state index contributed by atoms with van der Waals surface area (Å²) in [5, 5.41) is 3.66. The number of rotatable bonds is 5. The van der Waals surface area contributed by atoms with Crippen LogP contribution >= 0.6 is 0 Å². The second kappa shape index (κ2) is 8.11. The van der Waals surface area contributed by atoms with Crippen molar-refractivity contribution in [1.29, 1.82) is 0 Å². The summed E-state index contributed by atoms with van der Waals surface area (Å²) in [5.74, 6) is 0. The van der Waals surface area contributed by atoms with Gasteiger partial charge in [-0.15, -0.1) is 0 Å². The second-order valence-electron chi connectivity index (χ2n) is 5.40. The molecule has 1 aromatic heterocycles. The van der Waals surface area contributed by atoms with Crippen LogP contribution in [0.15, 0.2) is 36.2 Å². The largest absolute Gasteiger partial charge is 0.310 e. The van der Waals surface area contributed by atoms with E-state index in [9.17, 15) is 0 Å². The van der Waals surface area contributed by atoms with E-state index >= 15 is 0 Å². The third-order valence-corrected chi connectivity index (χ3v) is 3.91. The lowest BCUT2D eigenvalue weighted by Crippen LogP contribution is -2.33. The molecule has 2 rings (SSSR count). The topological polar surface area (TPSA) is 24.9 Å². The number of pyridine rings is 1. The molecule has 0 saturated carbocycles. The zero-order valence-corrected chi connectivity index (χ0v) is 12.1. The SMILES string of the molecule is CCNC(Cc1ccncc1)/C1=C/CCCCCC1. The molecular formula is C17H26N2. The molecule has 1 aromatic rings. The molecule has 0 amide bonds. The Morgan fingerprint density at radius 1 is 1.16 bits per heavy atom. The van der Waals surface area contributed by atoms with Crippen molar-refractivity contribution >= 4 is 0 Å². The Hall–Kier alpha value is -1.15. The van der Waals surface area contributed by atoms with Crippen LogP contribution in [0.5, 0.6) is 0 Å². The molecule has 1 heterocycles. The summed E-state index contributed by atoms with van der Waals surface area (Å²) >= 11 is 0. The number of aromatic nitrogens is 1. The molecule has 19 heavy (non-hydrogen) atoms. The molecule has 104 valence electrons. The lowest BCUT2D eigenvalue weighted by atomic mass is 9.91. The van der Waals surface area contributed by atoms with Gasteiger partial charge in [-0.05, 0) is 56.3 Å². The minimum atomic E-state index is 0.505. The molecule has 1 aliphatic carbocycles. The summed E-state index contributed by atoms with van der Waals surface area (Å²) in [7, 11) is 0. The number of hydrogen-bond acceptors (Lipinski definition) is 2. The van der Waals surface area contributed by atoms with Gasteiger partial charge in [-0.1, -0.05) is 31.4 Å². The van der Waals surface area contributed by atoms with Crippen LogP contribution in [0.25, 0.3) is 0 Å². The number of hydrogen-bond donors (Lipinski definition) is 1. The maximum Gasteiger partial charge on any atom is 0.0319 e. The summed E-state index contributed by atoms with van der Waals surface area (Å²) in [4.78, 5) is 4.10. The fourth-order valence-corrected chi connectivity index (χ4v) is 2.87. The van der Waals surface area contributed by atoms with Crippen molar-refractivity contribution in [3.8, 4) is 0 Å². The molecule has 0 aromatic carbocycles. The Kier molecular flexibility index (Phi) is 6.09. The lowest BCUT2D eigenvalue weighted by molar-refractivity contribution is 0.535. The van der Waals surface area contributed by atoms with E-state index in [1.165, 1.54) is 44.1 Å². The van der Waals surface area contributed by atoms with Crippen molar-refractivity contribution in [3.63, 3.8) is 0 Å². The predicted molar refractivity (Wildman–Crippen MR) is 81.2 cm³/mol. The van der Waals surface area contributed by atoms with Gasteiger partial charge >= 0.3 is 0 Å². The quantitative estimate of drug-likeness (QED) is 0.811. The van der Waals surface area contributed by atoms with Crippen LogP contribution < -0.4 is 5.32 Å². The highest BCUT2D eigenvalue weighted by molar-refractivity contribution is 5.19. The van der Waals surface area contributed by atoms with Gasteiger partial charge in [0.15, 0.2) is 0 Å². The van der Waals surface area contributed by atoms with E-state index in [4.69, 9.17) is 0 Å². The normalized spacial score (nSPS) is 21.0. The van der Waals surface area contributed by atoms with E-state index in [0.717, 1.165) is 13.0 Å². The zero-order chi connectivity index (χ0) is 13.3. The highest BCUT2D eigenvalue weighted by Crippen LogP contribution is 2.21. The average molecular weight is 258 g/mol. The van der Waals surface area contributed by atoms with Crippen LogP contribution in [0.4, 0.5) is 0 Å². The van der Waals surface area contributed by atoms with Gasteiger partial charge in [-0.2, -0.15) is 0 Å². The van der Waals surface area contributed by atoms with Crippen molar-refractivity contribution in [3.05, 3.63) is 41.7 Å². The van der Waals surface area contributed by atoms with Crippen molar-refractivity contribution in [2.45, 2.75) is 57.9 Å². The molecule has 0 bridgehead atoms. The Morgan fingerprint density at radius 3 is 2.74 bits per heavy atom. The van der Waals surface area contributed by atoms with Gasteiger partial charge in [0, 0.05) is 18.4 Å². The van der Waals surface area contributed by atoms with Crippen LogP contribution in [0.2, 0.25) is 0 Å². The summed E-state index contributed by atoms with van der Waals surface area (Å²) in [6.07, 6.45) is 15.4. The Bertz CT molecular complexity index is 384. The van der Waals surface area contributed by atoms with Gasteiger partial charge in [0.05, 0.1) is 0 Å². The summed E-state index contributed by atoms with van der Waals surface area (Å²) in [5.41, 5.74) is 3.00. The number of likely N-dealkylation sites (N-methyl/N-ethyl adjacent to an activating group) is 1. The fourth-order valence-electron chi connectivity index (χ4n) is 2.87. The molecule has 1 unspecified atom stereocenters. The van der Waals surface area contributed by atoms with Crippen molar-refractivity contribution in [2.75, 3.05) is 6.54 Å². The number of nitrogens with zero attached hydrogens (tertiary/aromatic N) is 1. The van der Waals surface area contributed by atoms with Crippen LogP contribution in [-0.4, -0.2) is 17.6 Å². The third kappa shape index (κ3) is 4.79. The van der Waals surface area contributed by atoms with Crippen LogP contribution in [-0.2, 0) is 6.42 Å². The predicted octanol–water partition coefficient (Wildman–Crippen LogP) is 3.88. The van der Waals surface area contributed by atoms with Crippen molar-refractivity contribution < 1.29 is 0 Å². The Labute approximate surface area is 117 Å². The molecule has 1 aliphatic rings. The summed E-state index contributed by atoms with van der Waals surface area (Å²) in [6.45, 7) is 3.23. The van der Waals surface area contributed by atoms with E-state index < -0.39 is 0 Å². The van der Waals surface area contributed by atoms with E-state index in [1.54, 1.807) is 5.57 Å². The van der Waals surface area contributed by atoms with Gasteiger partial charge in [0.1, 0.15) is 0 Å². The standard InChI is InChI=1S/C17H26N2/c1-2-19-17(14-15-10-12-18-13-11-15)16-8-6-4-3-5-7-9-16/h8,10-13,17,19H,2-7,9,14H2,1H3/b16-8+. The lowest BCUT2D eigenvalue weighted by Gasteiger charge is -2.23. The number of allylic oxidation sites excluding steroid dienone is 1. The summed E-state index contributed by atoms with van der Waals surface area (Å²) in [6, 6.07) is 4.77. The summed E-state index contributed by atoms with van der Waals surface area (Å²) < 4.78 is 0. The van der Waals surface area contributed by atoms with E-state index in [1.807, 2.05) is 12.4 Å². The minimum Gasteiger partial charge on any atom is -0.310 e. The number of nitrogens with one attached hydrogen (secondary N) is 1. The molecular weight excluding hydrogens is 232 g/mol. The van der Waals surface area contributed by atoms with Crippen molar-refractivity contribution in [2.24, 2.45) is 0 Å². The molecule has 0 spiro atoms. The first-order valence-corrected chi connectivity index (χ1v) is 7.71. The Morgan fingerprint density at radius 2 is 1.95 bits per heavy atom. The molecule has 2 nitrogen and oxygen atoms in total. The van der Waals surface area contributed by atoms with E-state index in [2.05, 4.69) is 35.4 Å². The van der Waals surface area contributed by atoms with Crippen LogP contribution in [0, 0.1) is 0 Å². The maximum absolute atomic E-state index is 4.10. The smallest absolute Gasteiger partial charge is 0.0319 e. The van der Waals surface area contributed by atoms with Crippen LogP contribution in [0.1, 0.15) is 51.0 Å². The first kappa shape index (κ1) is 14.3. The molecule has 1 N–H and O–H groups in total. The fraction of sp³-hybridized carbons (Fsp3) is 0.588. The first-order chi connectivity index (χ1) is 9.40. The Balaban J connectivity index is 2.05. The van der Waals surface area contributed by atoms with Gasteiger partial charge in [-0.3, -0.25) is 4.98 Å².